The second-order valence-electron chi connectivity index (χ2n) is 5.07. The van der Waals surface area contributed by atoms with Gasteiger partial charge in [0.2, 0.25) is 5.91 Å². The molecule has 0 heterocycles. The first kappa shape index (κ1) is 14.0. The minimum absolute atomic E-state index is 0.0321. The lowest BCUT2D eigenvalue weighted by molar-refractivity contribution is -0.143. The Morgan fingerprint density at radius 2 is 2.12 bits per heavy atom. The van der Waals surface area contributed by atoms with Gasteiger partial charge in [-0.25, -0.2) is 0 Å². The summed E-state index contributed by atoms with van der Waals surface area (Å²) in [5.41, 5.74) is 0. The van der Waals surface area contributed by atoms with Crippen LogP contribution < -0.4 is 5.32 Å². The number of aliphatic carboxylic acids is 1. The zero-order valence-corrected chi connectivity index (χ0v) is 10.7. The van der Waals surface area contributed by atoms with Gasteiger partial charge in [0.05, 0.1) is 5.92 Å². The van der Waals surface area contributed by atoms with Crippen molar-refractivity contribution in [1.29, 1.82) is 0 Å². The number of carboxylic acids is 1. The molecule has 1 rings (SSSR count). The van der Waals surface area contributed by atoms with Crippen LogP contribution in [0.25, 0.3) is 0 Å². The van der Waals surface area contributed by atoms with E-state index < -0.39 is 5.97 Å². The van der Waals surface area contributed by atoms with Crippen molar-refractivity contribution in [2.24, 2.45) is 17.8 Å². The summed E-state index contributed by atoms with van der Waals surface area (Å²) in [6.45, 7) is 4.49. The van der Waals surface area contributed by atoms with Crippen LogP contribution in [0.15, 0.2) is 0 Å². The quantitative estimate of drug-likeness (QED) is 0.748. The average molecular weight is 241 g/mol. The molecular formula is C13H23NO3. The van der Waals surface area contributed by atoms with E-state index in [4.69, 9.17) is 5.11 Å². The van der Waals surface area contributed by atoms with Gasteiger partial charge in [0, 0.05) is 12.5 Å². The fourth-order valence-corrected chi connectivity index (χ4v) is 2.58. The zero-order chi connectivity index (χ0) is 12.8. The van der Waals surface area contributed by atoms with Gasteiger partial charge >= 0.3 is 5.97 Å². The van der Waals surface area contributed by atoms with Gasteiger partial charge < -0.3 is 10.4 Å². The van der Waals surface area contributed by atoms with Gasteiger partial charge in [-0.15, -0.1) is 0 Å². The molecule has 0 aromatic rings. The first-order valence-electron chi connectivity index (χ1n) is 6.56. The van der Waals surface area contributed by atoms with Crippen LogP contribution in [0.3, 0.4) is 0 Å². The van der Waals surface area contributed by atoms with E-state index in [1.54, 1.807) is 0 Å². The van der Waals surface area contributed by atoms with Gasteiger partial charge in [0.25, 0.3) is 0 Å². The van der Waals surface area contributed by atoms with Crippen LogP contribution in [0.1, 0.15) is 46.0 Å². The number of carboxylic acid groups (broad SMARTS) is 1. The number of hydrogen-bond donors (Lipinski definition) is 2. The minimum atomic E-state index is -0.719. The van der Waals surface area contributed by atoms with Crippen molar-refractivity contribution >= 4 is 11.9 Å². The summed E-state index contributed by atoms with van der Waals surface area (Å²) in [5.74, 6) is -0.780. The summed E-state index contributed by atoms with van der Waals surface area (Å²) in [4.78, 5) is 22.7. The molecule has 1 amide bonds. The summed E-state index contributed by atoms with van der Waals surface area (Å²) >= 11 is 0. The summed E-state index contributed by atoms with van der Waals surface area (Å²) in [5, 5.41) is 11.9. The van der Waals surface area contributed by atoms with E-state index in [-0.39, 0.29) is 23.7 Å². The van der Waals surface area contributed by atoms with Gasteiger partial charge in [0.1, 0.15) is 0 Å². The number of nitrogens with one attached hydrogen (secondary N) is 1. The molecule has 3 unspecified atom stereocenters. The topological polar surface area (TPSA) is 66.4 Å². The van der Waals surface area contributed by atoms with Crippen LogP contribution in [0.4, 0.5) is 0 Å². The highest BCUT2D eigenvalue weighted by Crippen LogP contribution is 2.31. The summed E-state index contributed by atoms with van der Waals surface area (Å²) < 4.78 is 0. The van der Waals surface area contributed by atoms with Crippen molar-refractivity contribution in [3.05, 3.63) is 0 Å². The highest BCUT2D eigenvalue weighted by atomic mass is 16.4. The van der Waals surface area contributed by atoms with Crippen molar-refractivity contribution in [3.8, 4) is 0 Å². The van der Waals surface area contributed by atoms with Crippen molar-refractivity contribution in [2.75, 3.05) is 6.54 Å². The Morgan fingerprint density at radius 1 is 1.41 bits per heavy atom. The van der Waals surface area contributed by atoms with Crippen LogP contribution in [0.2, 0.25) is 0 Å². The molecule has 0 aromatic heterocycles. The molecule has 0 aromatic carbocycles. The number of carbonyl (C=O) groups excluding carboxylic acids is 1. The molecule has 0 radical (unpaired) electrons. The van der Waals surface area contributed by atoms with E-state index in [2.05, 4.69) is 12.2 Å². The maximum absolute atomic E-state index is 11.7. The summed E-state index contributed by atoms with van der Waals surface area (Å²) in [7, 11) is 0. The van der Waals surface area contributed by atoms with E-state index in [0.29, 0.717) is 6.54 Å². The second-order valence-corrected chi connectivity index (χ2v) is 5.07. The zero-order valence-electron chi connectivity index (χ0n) is 10.7. The van der Waals surface area contributed by atoms with E-state index in [9.17, 15) is 9.59 Å². The Morgan fingerprint density at radius 3 is 2.71 bits per heavy atom. The Hall–Kier alpha value is -1.06. The fourth-order valence-electron chi connectivity index (χ4n) is 2.58. The molecule has 1 fully saturated rings. The van der Waals surface area contributed by atoms with Crippen LogP contribution in [0.5, 0.6) is 0 Å². The third kappa shape index (κ3) is 4.02. The van der Waals surface area contributed by atoms with E-state index in [1.807, 2.05) is 6.92 Å². The monoisotopic (exact) mass is 241 g/mol. The lowest BCUT2D eigenvalue weighted by Gasteiger charge is -2.18. The predicted molar refractivity (Wildman–Crippen MR) is 65.5 cm³/mol. The standard InChI is InChI=1S/C13H23NO3/c1-3-5-9(2)12(15)14-8-10-6-4-7-11(10)13(16)17/h9-11H,3-8H2,1-2H3,(H,14,15)(H,16,17). The maximum atomic E-state index is 11.7. The third-order valence-electron chi connectivity index (χ3n) is 3.68. The van der Waals surface area contributed by atoms with Crippen molar-refractivity contribution in [2.45, 2.75) is 46.0 Å². The maximum Gasteiger partial charge on any atom is 0.306 e. The smallest absolute Gasteiger partial charge is 0.306 e. The third-order valence-corrected chi connectivity index (χ3v) is 3.68. The molecule has 1 aliphatic carbocycles. The minimum Gasteiger partial charge on any atom is -0.481 e. The van der Waals surface area contributed by atoms with Crippen LogP contribution >= 0.6 is 0 Å². The Kier molecular flexibility index (Phi) is 5.45. The molecule has 1 saturated carbocycles. The largest absolute Gasteiger partial charge is 0.481 e. The molecule has 17 heavy (non-hydrogen) atoms. The highest BCUT2D eigenvalue weighted by Gasteiger charge is 2.33. The Labute approximate surface area is 103 Å². The first-order valence-corrected chi connectivity index (χ1v) is 6.56. The van der Waals surface area contributed by atoms with Crippen LogP contribution in [-0.4, -0.2) is 23.5 Å². The first-order chi connectivity index (χ1) is 8.06. The molecule has 0 saturated heterocycles. The molecule has 3 atom stereocenters. The lowest BCUT2D eigenvalue weighted by Crippen LogP contribution is -2.35. The second kappa shape index (κ2) is 6.62. The average Bonchev–Trinajstić information content (AvgIpc) is 2.74. The van der Waals surface area contributed by atoms with Gasteiger partial charge in [-0.2, -0.15) is 0 Å². The van der Waals surface area contributed by atoms with Crippen molar-refractivity contribution < 1.29 is 14.7 Å². The van der Waals surface area contributed by atoms with E-state index in [0.717, 1.165) is 32.1 Å². The van der Waals surface area contributed by atoms with Crippen LogP contribution in [-0.2, 0) is 9.59 Å². The summed E-state index contributed by atoms with van der Waals surface area (Å²) in [6, 6.07) is 0. The number of hydrogen-bond acceptors (Lipinski definition) is 2. The molecule has 98 valence electrons. The van der Waals surface area contributed by atoms with Crippen LogP contribution in [0, 0.1) is 17.8 Å². The molecule has 1 aliphatic rings. The van der Waals surface area contributed by atoms with E-state index >= 15 is 0 Å². The van der Waals surface area contributed by atoms with Gasteiger partial charge in [0.15, 0.2) is 0 Å². The molecule has 4 nitrogen and oxygen atoms in total. The molecule has 0 spiro atoms. The Balaban J connectivity index is 2.34. The molecular weight excluding hydrogens is 218 g/mol. The normalized spacial score (nSPS) is 25.5. The predicted octanol–water partition coefficient (Wildman–Crippen LogP) is 2.04. The van der Waals surface area contributed by atoms with E-state index in [1.165, 1.54) is 0 Å². The number of carbonyl (C=O) groups is 2. The number of amides is 1. The fraction of sp³-hybridized carbons (Fsp3) is 0.846. The van der Waals surface area contributed by atoms with Crippen molar-refractivity contribution in [3.63, 3.8) is 0 Å². The van der Waals surface area contributed by atoms with Gasteiger partial charge in [-0.05, 0) is 25.2 Å². The lowest BCUT2D eigenvalue weighted by atomic mass is 9.96. The number of rotatable bonds is 6. The van der Waals surface area contributed by atoms with Gasteiger partial charge in [-0.1, -0.05) is 26.7 Å². The Bertz CT molecular complexity index is 278. The van der Waals surface area contributed by atoms with Crippen molar-refractivity contribution in [1.82, 2.24) is 5.32 Å². The molecule has 2 N–H and O–H groups in total. The molecule has 0 aliphatic heterocycles. The highest BCUT2D eigenvalue weighted by molar-refractivity contribution is 5.78. The molecule has 4 heteroatoms. The molecule has 0 bridgehead atoms. The SMILES string of the molecule is CCCC(C)C(=O)NCC1CCCC1C(=O)O. The summed E-state index contributed by atoms with van der Waals surface area (Å²) in [6.07, 6.45) is 4.51. The van der Waals surface area contributed by atoms with Gasteiger partial charge in [-0.3, -0.25) is 9.59 Å².